The fourth-order valence-electron chi connectivity index (χ4n) is 3.62. The van der Waals surface area contributed by atoms with Crippen LogP contribution in [0.5, 0.6) is 5.75 Å². The molecule has 0 bridgehead atoms. The Kier molecular flexibility index (Phi) is 4.45. The van der Waals surface area contributed by atoms with E-state index in [2.05, 4.69) is 18.2 Å². The molecular weight excluding hydrogens is 382 g/mol. The lowest BCUT2D eigenvalue weighted by molar-refractivity contribution is 0.471. The van der Waals surface area contributed by atoms with Crippen LogP contribution in [-0.4, -0.2) is 10.8 Å². The molecule has 0 fully saturated rings. The minimum Gasteiger partial charge on any atom is -0.507 e. The molecule has 1 aliphatic heterocycles. The summed E-state index contributed by atoms with van der Waals surface area (Å²) < 4.78 is 5.49. The average molecular weight is 399 g/mol. The molecule has 5 rings (SSSR count). The quantitative estimate of drug-likeness (QED) is 0.429. The van der Waals surface area contributed by atoms with Crippen LogP contribution in [0.15, 0.2) is 98.0 Å². The third kappa shape index (κ3) is 3.34. The standard InChI is InChI=1S/C24H17NO3S/c26-19-12-10-16-11-13-22(27)28-24(16)23(19)18-14-21(15-6-2-1-3-7-15)29-20-9-5-4-8-17(20)25-18/h1-13,21,26H,14H2. The Balaban J connectivity index is 1.74. The van der Waals surface area contributed by atoms with Gasteiger partial charge in [0.1, 0.15) is 5.75 Å². The fraction of sp³-hybridized carbons (Fsp3) is 0.0833. The van der Waals surface area contributed by atoms with Gasteiger partial charge >= 0.3 is 5.63 Å². The van der Waals surface area contributed by atoms with Crippen molar-refractivity contribution in [1.29, 1.82) is 0 Å². The van der Waals surface area contributed by atoms with Crippen LogP contribution in [0.2, 0.25) is 0 Å². The summed E-state index contributed by atoms with van der Waals surface area (Å²) in [6, 6.07) is 24.7. The molecule has 4 aromatic rings. The number of rotatable bonds is 2. The first-order chi connectivity index (χ1) is 14.2. The second-order valence-electron chi connectivity index (χ2n) is 6.88. The van der Waals surface area contributed by atoms with E-state index >= 15 is 0 Å². The first kappa shape index (κ1) is 17.8. The summed E-state index contributed by atoms with van der Waals surface area (Å²) in [5, 5.41) is 11.6. The van der Waals surface area contributed by atoms with E-state index < -0.39 is 5.63 Å². The SMILES string of the molecule is O=c1ccc2ccc(O)c(C3=Nc4ccccc4SC(c4ccccc4)C3)c2o1. The van der Waals surface area contributed by atoms with Crippen molar-refractivity contribution in [3.63, 3.8) is 0 Å². The van der Waals surface area contributed by atoms with Crippen LogP contribution in [-0.2, 0) is 0 Å². The highest BCUT2D eigenvalue weighted by Gasteiger charge is 2.25. The zero-order chi connectivity index (χ0) is 19.8. The van der Waals surface area contributed by atoms with Gasteiger partial charge in [-0.15, -0.1) is 11.8 Å². The van der Waals surface area contributed by atoms with E-state index in [4.69, 9.17) is 9.41 Å². The van der Waals surface area contributed by atoms with Gasteiger partial charge in [0, 0.05) is 28.0 Å². The van der Waals surface area contributed by atoms with E-state index in [1.165, 1.54) is 11.6 Å². The Bertz CT molecular complexity index is 1290. The number of thioether (sulfide) groups is 1. The van der Waals surface area contributed by atoms with E-state index in [0.29, 0.717) is 23.3 Å². The lowest BCUT2D eigenvalue weighted by Gasteiger charge is -2.17. The van der Waals surface area contributed by atoms with Gasteiger partial charge in [-0.05, 0) is 35.9 Å². The van der Waals surface area contributed by atoms with E-state index in [-0.39, 0.29) is 11.0 Å². The van der Waals surface area contributed by atoms with E-state index in [1.54, 1.807) is 30.0 Å². The summed E-state index contributed by atoms with van der Waals surface area (Å²) in [6.07, 6.45) is 0.592. The Hall–Kier alpha value is -3.31. The highest BCUT2D eigenvalue weighted by atomic mass is 32.2. The Morgan fingerprint density at radius 2 is 1.69 bits per heavy atom. The number of phenolic OH excluding ortho intramolecular Hbond substituents is 1. The maximum absolute atomic E-state index is 11.9. The fourth-order valence-corrected chi connectivity index (χ4v) is 4.86. The third-order valence-corrected chi connectivity index (χ3v) is 6.32. The predicted molar refractivity (Wildman–Crippen MR) is 116 cm³/mol. The van der Waals surface area contributed by atoms with Crippen LogP contribution < -0.4 is 5.63 Å². The maximum atomic E-state index is 11.9. The first-order valence-electron chi connectivity index (χ1n) is 9.33. The zero-order valence-electron chi connectivity index (χ0n) is 15.4. The summed E-state index contributed by atoms with van der Waals surface area (Å²) in [6.45, 7) is 0. The summed E-state index contributed by atoms with van der Waals surface area (Å²) in [4.78, 5) is 17.9. The molecule has 2 heterocycles. The molecule has 1 aromatic heterocycles. The lowest BCUT2D eigenvalue weighted by atomic mass is 9.98. The minimum absolute atomic E-state index is 0.0572. The number of nitrogens with zero attached hydrogens (tertiary/aromatic N) is 1. The van der Waals surface area contributed by atoms with Crippen molar-refractivity contribution in [2.75, 3.05) is 0 Å². The van der Waals surface area contributed by atoms with Crippen molar-refractivity contribution in [2.24, 2.45) is 4.99 Å². The van der Waals surface area contributed by atoms with Crippen molar-refractivity contribution < 1.29 is 9.52 Å². The summed E-state index contributed by atoms with van der Waals surface area (Å²) in [5.74, 6) is 0.0572. The number of benzene rings is 3. The summed E-state index contributed by atoms with van der Waals surface area (Å²) in [7, 11) is 0. The number of hydrogen-bond donors (Lipinski definition) is 1. The van der Waals surface area contributed by atoms with Gasteiger partial charge in [-0.25, -0.2) is 4.79 Å². The van der Waals surface area contributed by atoms with Crippen LogP contribution in [0.4, 0.5) is 5.69 Å². The minimum atomic E-state index is -0.451. The molecule has 0 aliphatic carbocycles. The Labute approximate surface area is 171 Å². The maximum Gasteiger partial charge on any atom is 0.336 e. The summed E-state index contributed by atoms with van der Waals surface area (Å²) in [5.41, 5.74) is 3.14. The molecule has 142 valence electrons. The molecule has 0 amide bonds. The molecule has 5 heteroatoms. The van der Waals surface area contributed by atoms with Crippen LogP contribution in [0.25, 0.3) is 11.0 Å². The molecule has 1 aliphatic rings. The van der Waals surface area contributed by atoms with Crippen molar-refractivity contribution in [3.05, 3.63) is 100 Å². The third-order valence-electron chi connectivity index (χ3n) is 5.00. The van der Waals surface area contributed by atoms with Gasteiger partial charge in [0.05, 0.1) is 17.0 Å². The topological polar surface area (TPSA) is 62.8 Å². The Morgan fingerprint density at radius 1 is 0.931 bits per heavy atom. The van der Waals surface area contributed by atoms with Gasteiger partial charge < -0.3 is 9.52 Å². The molecule has 1 atom stereocenters. The smallest absolute Gasteiger partial charge is 0.336 e. The van der Waals surface area contributed by atoms with Crippen molar-refractivity contribution in [2.45, 2.75) is 16.6 Å². The molecule has 4 nitrogen and oxygen atoms in total. The monoisotopic (exact) mass is 399 g/mol. The normalized spacial score (nSPS) is 16.1. The van der Waals surface area contributed by atoms with Crippen molar-refractivity contribution in [1.82, 2.24) is 0 Å². The van der Waals surface area contributed by atoms with Crippen LogP contribution in [0.3, 0.4) is 0 Å². The molecule has 3 aromatic carbocycles. The van der Waals surface area contributed by atoms with Crippen LogP contribution in [0.1, 0.15) is 22.8 Å². The zero-order valence-corrected chi connectivity index (χ0v) is 16.2. The number of para-hydroxylation sites is 1. The largest absolute Gasteiger partial charge is 0.507 e. The van der Waals surface area contributed by atoms with Gasteiger partial charge in [0.15, 0.2) is 5.58 Å². The molecular formula is C24H17NO3S. The van der Waals surface area contributed by atoms with Gasteiger partial charge in [0.2, 0.25) is 0 Å². The second-order valence-corrected chi connectivity index (χ2v) is 8.12. The van der Waals surface area contributed by atoms with Gasteiger partial charge in [0.25, 0.3) is 0 Å². The van der Waals surface area contributed by atoms with E-state index in [0.717, 1.165) is 16.0 Å². The number of phenols is 1. The van der Waals surface area contributed by atoms with Crippen LogP contribution in [0, 0.1) is 0 Å². The molecule has 0 saturated heterocycles. The van der Waals surface area contributed by atoms with E-state index in [9.17, 15) is 9.90 Å². The van der Waals surface area contributed by atoms with Gasteiger partial charge in [-0.1, -0.05) is 42.5 Å². The Morgan fingerprint density at radius 3 is 2.55 bits per heavy atom. The predicted octanol–water partition coefficient (Wildman–Crippen LogP) is 5.86. The second kappa shape index (κ2) is 7.26. The highest BCUT2D eigenvalue weighted by Crippen LogP contribution is 2.46. The van der Waals surface area contributed by atoms with Crippen LogP contribution >= 0.6 is 11.8 Å². The van der Waals surface area contributed by atoms with E-state index in [1.807, 2.05) is 36.4 Å². The highest BCUT2D eigenvalue weighted by molar-refractivity contribution is 7.99. The van der Waals surface area contributed by atoms with Gasteiger partial charge in [-0.2, -0.15) is 0 Å². The molecule has 29 heavy (non-hydrogen) atoms. The number of hydrogen-bond acceptors (Lipinski definition) is 5. The molecule has 1 N–H and O–H groups in total. The summed E-state index contributed by atoms with van der Waals surface area (Å²) >= 11 is 1.76. The molecule has 0 radical (unpaired) electrons. The lowest BCUT2D eigenvalue weighted by Crippen LogP contribution is -2.08. The molecule has 0 saturated carbocycles. The molecule has 0 spiro atoms. The number of aromatic hydroxyl groups is 1. The van der Waals surface area contributed by atoms with Crippen molar-refractivity contribution >= 4 is 34.1 Å². The first-order valence-corrected chi connectivity index (χ1v) is 10.2. The average Bonchev–Trinajstić information content (AvgIpc) is 2.93. The number of fused-ring (bicyclic) bond motifs is 2. The molecule has 1 unspecified atom stereocenters. The number of aliphatic imine (C=N–C) groups is 1. The van der Waals surface area contributed by atoms with Crippen molar-refractivity contribution in [3.8, 4) is 5.75 Å². The van der Waals surface area contributed by atoms with Gasteiger partial charge in [-0.3, -0.25) is 4.99 Å².